The van der Waals surface area contributed by atoms with Crippen LogP contribution in [0.4, 0.5) is 5.82 Å². The Balaban J connectivity index is 2.00. The quantitative estimate of drug-likeness (QED) is 0.830. The topological polar surface area (TPSA) is 45.2 Å². The lowest BCUT2D eigenvalue weighted by Gasteiger charge is -2.28. The van der Waals surface area contributed by atoms with Crippen molar-refractivity contribution in [2.24, 2.45) is 0 Å². The molecule has 2 rings (SSSR count). The van der Waals surface area contributed by atoms with Crippen molar-refractivity contribution in [2.75, 3.05) is 36.0 Å². The number of rotatable bonds is 5. The largest absolute Gasteiger partial charge is 0.355 e. The first-order valence-corrected chi connectivity index (χ1v) is 8.45. The van der Waals surface area contributed by atoms with E-state index in [0.29, 0.717) is 0 Å². The standard InChI is InChI=1S/C14H23N3OS/c1-3-4-15-10-13-9-12(2)14(16-11-13)17-5-7-19(18)8-6-17/h9,11,15H,3-8,10H2,1-2H3. The molecule has 0 aliphatic carbocycles. The number of aryl methyl sites for hydroxylation is 1. The Morgan fingerprint density at radius 2 is 2.16 bits per heavy atom. The van der Waals surface area contributed by atoms with E-state index >= 15 is 0 Å². The van der Waals surface area contributed by atoms with E-state index in [1.807, 2.05) is 6.20 Å². The molecule has 1 aromatic heterocycles. The van der Waals surface area contributed by atoms with Gasteiger partial charge in [-0.25, -0.2) is 4.98 Å². The third-order valence-electron chi connectivity index (χ3n) is 3.34. The van der Waals surface area contributed by atoms with E-state index in [-0.39, 0.29) is 0 Å². The van der Waals surface area contributed by atoms with Crippen LogP contribution in [0.5, 0.6) is 0 Å². The summed E-state index contributed by atoms with van der Waals surface area (Å²) in [6, 6.07) is 2.20. The van der Waals surface area contributed by atoms with Crippen molar-refractivity contribution in [3.63, 3.8) is 0 Å². The third-order valence-corrected chi connectivity index (χ3v) is 4.62. The summed E-state index contributed by atoms with van der Waals surface area (Å²) in [5.41, 5.74) is 2.44. The van der Waals surface area contributed by atoms with Gasteiger partial charge in [0.15, 0.2) is 0 Å². The molecular weight excluding hydrogens is 258 g/mol. The van der Waals surface area contributed by atoms with E-state index in [4.69, 9.17) is 0 Å². The average Bonchev–Trinajstić information content (AvgIpc) is 2.41. The minimum atomic E-state index is -0.631. The van der Waals surface area contributed by atoms with Crippen LogP contribution in [0, 0.1) is 6.92 Å². The van der Waals surface area contributed by atoms with E-state index in [0.717, 1.165) is 49.9 Å². The van der Waals surface area contributed by atoms with Crippen LogP contribution in [0.3, 0.4) is 0 Å². The maximum atomic E-state index is 11.4. The van der Waals surface area contributed by atoms with E-state index in [1.165, 1.54) is 11.1 Å². The number of hydrogen-bond donors (Lipinski definition) is 1. The van der Waals surface area contributed by atoms with Crippen LogP contribution in [0.1, 0.15) is 24.5 Å². The first-order chi connectivity index (χ1) is 9.20. The predicted octanol–water partition coefficient (Wildman–Crippen LogP) is 1.46. The molecule has 0 radical (unpaired) electrons. The zero-order chi connectivity index (χ0) is 13.7. The first-order valence-electron chi connectivity index (χ1n) is 6.97. The van der Waals surface area contributed by atoms with Crippen molar-refractivity contribution in [3.8, 4) is 0 Å². The maximum Gasteiger partial charge on any atom is 0.131 e. The van der Waals surface area contributed by atoms with Crippen LogP contribution in [0.15, 0.2) is 12.3 Å². The fourth-order valence-corrected chi connectivity index (χ4v) is 3.36. The first kappa shape index (κ1) is 14.5. The Morgan fingerprint density at radius 1 is 1.42 bits per heavy atom. The van der Waals surface area contributed by atoms with Gasteiger partial charge >= 0.3 is 0 Å². The fourth-order valence-electron chi connectivity index (χ4n) is 2.31. The molecule has 0 bridgehead atoms. The van der Waals surface area contributed by atoms with Crippen LogP contribution >= 0.6 is 0 Å². The number of aromatic nitrogens is 1. The average molecular weight is 281 g/mol. The Kier molecular flexibility index (Phi) is 5.34. The summed E-state index contributed by atoms with van der Waals surface area (Å²) in [7, 11) is -0.631. The van der Waals surface area contributed by atoms with Crippen molar-refractivity contribution >= 4 is 16.6 Å². The van der Waals surface area contributed by atoms with E-state index in [1.54, 1.807) is 0 Å². The van der Waals surface area contributed by atoms with Crippen LogP contribution < -0.4 is 10.2 Å². The number of nitrogens with one attached hydrogen (secondary N) is 1. The van der Waals surface area contributed by atoms with Gasteiger partial charge in [-0.05, 0) is 37.1 Å². The molecule has 19 heavy (non-hydrogen) atoms. The molecule has 5 heteroatoms. The second kappa shape index (κ2) is 7.01. The Morgan fingerprint density at radius 3 is 2.79 bits per heavy atom. The Hall–Kier alpha value is -0.940. The summed E-state index contributed by atoms with van der Waals surface area (Å²) in [6.45, 7) is 7.91. The van der Waals surface area contributed by atoms with Gasteiger partial charge in [0.25, 0.3) is 0 Å². The summed E-state index contributed by atoms with van der Waals surface area (Å²) in [5.74, 6) is 2.58. The number of nitrogens with zero attached hydrogens (tertiary/aromatic N) is 2. The monoisotopic (exact) mass is 281 g/mol. The molecule has 1 N–H and O–H groups in total. The van der Waals surface area contributed by atoms with Gasteiger partial charge in [0.1, 0.15) is 5.82 Å². The molecule has 1 aliphatic rings. The molecular formula is C14H23N3OS. The molecule has 2 heterocycles. The molecule has 0 atom stereocenters. The van der Waals surface area contributed by atoms with Crippen molar-refractivity contribution in [1.29, 1.82) is 0 Å². The van der Waals surface area contributed by atoms with Gasteiger partial charge in [-0.2, -0.15) is 0 Å². The molecule has 1 aliphatic heterocycles. The van der Waals surface area contributed by atoms with Crippen molar-refractivity contribution in [1.82, 2.24) is 10.3 Å². The predicted molar refractivity (Wildman–Crippen MR) is 81.1 cm³/mol. The van der Waals surface area contributed by atoms with Crippen LogP contribution in [-0.4, -0.2) is 40.3 Å². The normalized spacial score (nSPS) is 16.8. The van der Waals surface area contributed by atoms with Gasteiger partial charge in [0, 0.05) is 48.1 Å². The highest BCUT2D eigenvalue weighted by Crippen LogP contribution is 2.19. The highest BCUT2D eigenvalue weighted by Gasteiger charge is 2.17. The smallest absolute Gasteiger partial charge is 0.131 e. The van der Waals surface area contributed by atoms with Crippen molar-refractivity contribution in [3.05, 3.63) is 23.4 Å². The van der Waals surface area contributed by atoms with Gasteiger partial charge in [-0.1, -0.05) is 6.92 Å². The minimum Gasteiger partial charge on any atom is -0.355 e. The molecule has 106 valence electrons. The molecule has 0 unspecified atom stereocenters. The minimum absolute atomic E-state index is 0.631. The number of anilines is 1. The fraction of sp³-hybridized carbons (Fsp3) is 0.643. The van der Waals surface area contributed by atoms with E-state index in [9.17, 15) is 4.21 Å². The summed E-state index contributed by atoms with van der Waals surface area (Å²) in [4.78, 5) is 6.84. The molecule has 4 nitrogen and oxygen atoms in total. The number of pyridine rings is 1. The lowest BCUT2D eigenvalue weighted by Crippen LogP contribution is -2.38. The molecule has 0 saturated carbocycles. The highest BCUT2D eigenvalue weighted by molar-refractivity contribution is 7.85. The third kappa shape index (κ3) is 4.01. The van der Waals surface area contributed by atoms with Gasteiger partial charge in [-0.3, -0.25) is 4.21 Å². The molecule has 0 amide bonds. The Labute approximate surface area is 118 Å². The highest BCUT2D eigenvalue weighted by atomic mass is 32.2. The lowest BCUT2D eigenvalue weighted by atomic mass is 10.2. The van der Waals surface area contributed by atoms with Gasteiger partial charge in [-0.15, -0.1) is 0 Å². The zero-order valence-corrected chi connectivity index (χ0v) is 12.6. The molecule has 1 fully saturated rings. The molecule has 0 aromatic carbocycles. The van der Waals surface area contributed by atoms with Gasteiger partial charge in [0.05, 0.1) is 0 Å². The zero-order valence-electron chi connectivity index (χ0n) is 11.8. The number of hydrogen-bond acceptors (Lipinski definition) is 4. The van der Waals surface area contributed by atoms with Crippen LogP contribution in [0.25, 0.3) is 0 Å². The summed E-state index contributed by atoms with van der Waals surface area (Å²) in [6.07, 6.45) is 3.10. The van der Waals surface area contributed by atoms with E-state index in [2.05, 4.69) is 35.1 Å². The second-order valence-electron chi connectivity index (χ2n) is 5.00. The summed E-state index contributed by atoms with van der Waals surface area (Å²) in [5, 5.41) is 3.39. The Bertz CT molecular complexity index is 440. The molecule has 1 aromatic rings. The SMILES string of the molecule is CCCNCc1cnc(N2CCS(=O)CC2)c(C)c1. The summed E-state index contributed by atoms with van der Waals surface area (Å²) < 4.78 is 11.4. The summed E-state index contributed by atoms with van der Waals surface area (Å²) >= 11 is 0. The molecule has 0 spiro atoms. The maximum absolute atomic E-state index is 11.4. The van der Waals surface area contributed by atoms with Crippen LogP contribution in [-0.2, 0) is 17.3 Å². The van der Waals surface area contributed by atoms with Crippen molar-refractivity contribution in [2.45, 2.75) is 26.8 Å². The van der Waals surface area contributed by atoms with E-state index < -0.39 is 10.8 Å². The van der Waals surface area contributed by atoms with Crippen LogP contribution in [0.2, 0.25) is 0 Å². The van der Waals surface area contributed by atoms with Crippen molar-refractivity contribution < 1.29 is 4.21 Å². The second-order valence-corrected chi connectivity index (χ2v) is 6.69. The molecule has 1 saturated heterocycles. The van der Waals surface area contributed by atoms with Gasteiger partial charge in [0.2, 0.25) is 0 Å². The van der Waals surface area contributed by atoms with Gasteiger partial charge < -0.3 is 10.2 Å². The lowest BCUT2D eigenvalue weighted by molar-refractivity contribution is 0.669.